The zero-order valence-electron chi connectivity index (χ0n) is 19.2. The van der Waals surface area contributed by atoms with Gasteiger partial charge in [-0.25, -0.2) is 4.79 Å². The van der Waals surface area contributed by atoms with Crippen LogP contribution in [-0.4, -0.2) is 73.4 Å². The van der Waals surface area contributed by atoms with Gasteiger partial charge in [0.25, 0.3) is 17.4 Å². The topological polar surface area (TPSA) is 119 Å². The van der Waals surface area contributed by atoms with Crippen molar-refractivity contribution in [1.82, 2.24) is 20.1 Å². The number of benzene rings is 1. The van der Waals surface area contributed by atoms with Crippen LogP contribution in [0.25, 0.3) is 0 Å². The van der Waals surface area contributed by atoms with Gasteiger partial charge in [-0.1, -0.05) is 30.3 Å². The van der Waals surface area contributed by atoms with E-state index in [1.807, 2.05) is 30.3 Å². The molecule has 0 spiro atoms. The molecule has 0 aliphatic carbocycles. The summed E-state index contributed by atoms with van der Waals surface area (Å²) in [6.07, 6.45) is 1.48. The minimum absolute atomic E-state index is 0.0927. The zero-order chi connectivity index (χ0) is 24.3. The van der Waals surface area contributed by atoms with E-state index in [-0.39, 0.29) is 30.8 Å². The standard InChI is InChI=1S/C24H30N4O6/c1-2-25-22(30)20-15-19(17-28(23(20)31)16-18-7-4-3-5-8-18)21(29)26-9-6-12-34-24(32)27-10-13-33-14-11-27/h3-5,7-8,15,17H,2,6,9-14,16H2,1H3,(H,25,30)(H,26,29). The van der Waals surface area contributed by atoms with Crippen LogP contribution in [0.15, 0.2) is 47.4 Å². The van der Waals surface area contributed by atoms with Crippen molar-refractivity contribution in [1.29, 1.82) is 0 Å². The summed E-state index contributed by atoms with van der Waals surface area (Å²) in [4.78, 5) is 51.6. The van der Waals surface area contributed by atoms with E-state index < -0.39 is 23.5 Å². The summed E-state index contributed by atoms with van der Waals surface area (Å²) in [7, 11) is 0. The molecular formula is C24H30N4O6. The highest BCUT2D eigenvalue weighted by Crippen LogP contribution is 2.06. The molecule has 2 N–H and O–H groups in total. The molecule has 1 aliphatic rings. The molecule has 0 saturated carbocycles. The quantitative estimate of drug-likeness (QED) is 0.532. The Morgan fingerprint density at radius 2 is 1.79 bits per heavy atom. The third-order valence-corrected chi connectivity index (χ3v) is 5.23. The molecule has 0 atom stereocenters. The number of ether oxygens (including phenoxy) is 2. The predicted molar refractivity (Wildman–Crippen MR) is 125 cm³/mol. The minimum atomic E-state index is -0.529. The minimum Gasteiger partial charge on any atom is -0.449 e. The summed E-state index contributed by atoms with van der Waals surface area (Å²) < 4.78 is 11.8. The van der Waals surface area contributed by atoms with Crippen molar-refractivity contribution in [3.63, 3.8) is 0 Å². The van der Waals surface area contributed by atoms with Gasteiger partial charge in [0, 0.05) is 32.4 Å². The van der Waals surface area contributed by atoms with Crippen LogP contribution in [0.3, 0.4) is 0 Å². The van der Waals surface area contributed by atoms with Gasteiger partial charge in [-0.3, -0.25) is 14.4 Å². The Bertz CT molecular complexity index is 1050. The number of nitrogens with one attached hydrogen (secondary N) is 2. The van der Waals surface area contributed by atoms with Gasteiger partial charge in [0.15, 0.2) is 0 Å². The third-order valence-electron chi connectivity index (χ3n) is 5.23. The molecule has 1 aromatic carbocycles. The summed E-state index contributed by atoms with van der Waals surface area (Å²) in [6, 6.07) is 10.6. The average molecular weight is 471 g/mol. The first-order valence-electron chi connectivity index (χ1n) is 11.3. The lowest BCUT2D eigenvalue weighted by atomic mass is 10.1. The van der Waals surface area contributed by atoms with Gasteiger partial charge in [-0.2, -0.15) is 0 Å². The van der Waals surface area contributed by atoms with Crippen molar-refractivity contribution in [3.05, 3.63) is 69.6 Å². The van der Waals surface area contributed by atoms with Gasteiger partial charge in [-0.05, 0) is 25.0 Å². The summed E-state index contributed by atoms with van der Waals surface area (Å²) >= 11 is 0. The lowest BCUT2D eigenvalue weighted by Gasteiger charge is -2.25. The third kappa shape index (κ3) is 6.92. The van der Waals surface area contributed by atoms with Crippen molar-refractivity contribution in [2.75, 3.05) is 46.0 Å². The number of morpholine rings is 1. The number of amides is 3. The van der Waals surface area contributed by atoms with Crippen molar-refractivity contribution in [2.24, 2.45) is 0 Å². The molecule has 2 aromatic rings. The van der Waals surface area contributed by atoms with Crippen LogP contribution in [-0.2, 0) is 16.0 Å². The highest BCUT2D eigenvalue weighted by Gasteiger charge is 2.19. The van der Waals surface area contributed by atoms with E-state index in [1.165, 1.54) is 16.8 Å². The molecule has 0 unspecified atom stereocenters. The summed E-state index contributed by atoms with van der Waals surface area (Å²) in [5.41, 5.74) is 0.499. The molecule has 1 saturated heterocycles. The maximum atomic E-state index is 12.9. The Hall–Kier alpha value is -3.66. The molecule has 3 amide bonds. The van der Waals surface area contributed by atoms with Crippen LogP contribution in [0.4, 0.5) is 4.79 Å². The zero-order valence-corrected chi connectivity index (χ0v) is 19.2. The number of rotatable bonds is 9. The first kappa shape index (κ1) is 25.0. The molecule has 1 fully saturated rings. The van der Waals surface area contributed by atoms with E-state index in [1.54, 1.807) is 11.8 Å². The Balaban J connectivity index is 1.62. The number of pyridine rings is 1. The van der Waals surface area contributed by atoms with E-state index in [9.17, 15) is 19.2 Å². The normalized spacial score (nSPS) is 13.3. The molecular weight excluding hydrogens is 440 g/mol. The van der Waals surface area contributed by atoms with Crippen molar-refractivity contribution in [3.8, 4) is 0 Å². The van der Waals surface area contributed by atoms with Crippen LogP contribution < -0.4 is 16.2 Å². The largest absolute Gasteiger partial charge is 0.449 e. The number of carbonyl (C=O) groups is 3. The van der Waals surface area contributed by atoms with Crippen LogP contribution >= 0.6 is 0 Å². The fourth-order valence-corrected chi connectivity index (χ4v) is 3.45. The van der Waals surface area contributed by atoms with E-state index >= 15 is 0 Å². The van der Waals surface area contributed by atoms with Crippen LogP contribution in [0.1, 0.15) is 39.6 Å². The molecule has 34 heavy (non-hydrogen) atoms. The first-order valence-corrected chi connectivity index (χ1v) is 11.3. The smallest absolute Gasteiger partial charge is 0.409 e. The van der Waals surface area contributed by atoms with E-state index in [2.05, 4.69) is 10.6 Å². The number of carbonyl (C=O) groups excluding carboxylic acids is 3. The highest BCUT2D eigenvalue weighted by atomic mass is 16.6. The molecule has 10 heteroatoms. The van der Waals surface area contributed by atoms with Gasteiger partial charge in [0.1, 0.15) is 5.56 Å². The highest BCUT2D eigenvalue weighted by molar-refractivity contribution is 5.99. The molecule has 10 nitrogen and oxygen atoms in total. The Labute approximate surface area is 197 Å². The second-order valence-electron chi connectivity index (χ2n) is 7.74. The van der Waals surface area contributed by atoms with E-state index in [0.29, 0.717) is 39.3 Å². The fourth-order valence-electron chi connectivity index (χ4n) is 3.45. The van der Waals surface area contributed by atoms with E-state index in [4.69, 9.17) is 9.47 Å². The van der Waals surface area contributed by atoms with E-state index in [0.717, 1.165) is 5.56 Å². The van der Waals surface area contributed by atoms with Crippen molar-refractivity contribution in [2.45, 2.75) is 19.9 Å². The number of nitrogens with zero attached hydrogens (tertiary/aromatic N) is 2. The molecule has 182 valence electrons. The summed E-state index contributed by atoms with van der Waals surface area (Å²) in [5, 5.41) is 5.36. The second-order valence-corrected chi connectivity index (χ2v) is 7.74. The number of aromatic nitrogens is 1. The first-order chi connectivity index (χ1) is 16.5. The van der Waals surface area contributed by atoms with Crippen LogP contribution in [0.2, 0.25) is 0 Å². The van der Waals surface area contributed by atoms with Crippen LogP contribution in [0.5, 0.6) is 0 Å². The molecule has 3 rings (SSSR count). The number of hydrogen-bond acceptors (Lipinski definition) is 6. The summed E-state index contributed by atoms with van der Waals surface area (Å²) in [6.45, 7) is 4.76. The summed E-state index contributed by atoms with van der Waals surface area (Å²) in [5.74, 6) is -0.953. The average Bonchev–Trinajstić information content (AvgIpc) is 2.86. The second kappa shape index (κ2) is 12.5. The fraction of sp³-hybridized carbons (Fsp3) is 0.417. The van der Waals surface area contributed by atoms with Crippen molar-refractivity contribution >= 4 is 17.9 Å². The maximum absolute atomic E-state index is 12.9. The molecule has 2 heterocycles. The maximum Gasteiger partial charge on any atom is 0.409 e. The predicted octanol–water partition coefficient (Wildman–Crippen LogP) is 1.24. The van der Waals surface area contributed by atoms with Crippen LogP contribution in [0, 0.1) is 0 Å². The van der Waals surface area contributed by atoms with Gasteiger partial charge in [0.05, 0.1) is 31.9 Å². The van der Waals surface area contributed by atoms with Gasteiger partial charge in [-0.15, -0.1) is 0 Å². The van der Waals surface area contributed by atoms with Crippen molar-refractivity contribution < 1.29 is 23.9 Å². The van der Waals surface area contributed by atoms with Gasteiger partial charge >= 0.3 is 6.09 Å². The molecule has 0 bridgehead atoms. The Morgan fingerprint density at radius 3 is 2.50 bits per heavy atom. The van der Waals surface area contributed by atoms with Gasteiger partial charge in [0.2, 0.25) is 0 Å². The Kier molecular flexibility index (Phi) is 9.21. The lowest BCUT2D eigenvalue weighted by Crippen LogP contribution is -2.41. The molecule has 1 aliphatic heterocycles. The lowest BCUT2D eigenvalue weighted by molar-refractivity contribution is 0.0270. The monoisotopic (exact) mass is 470 g/mol. The Morgan fingerprint density at radius 1 is 1.06 bits per heavy atom. The molecule has 1 aromatic heterocycles. The van der Waals surface area contributed by atoms with Gasteiger partial charge < -0.3 is 29.6 Å². The molecule has 0 radical (unpaired) electrons. The number of hydrogen-bond donors (Lipinski definition) is 2. The SMILES string of the molecule is CCNC(=O)c1cc(C(=O)NCCCOC(=O)N2CCOCC2)cn(Cc2ccccc2)c1=O.